The van der Waals surface area contributed by atoms with Crippen molar-refractivity contribution in [2.24, 2.45) is 0 Å². The molecular formula is C22H19ClN2O6. The van der Waals surface area contributed by atoms with Crippen molar-refractivity contribution in [3.05, 3.63) is 76.5 Å². The number of methoxy groups -OCH3 is 1. The van der Waals surface area contributed by atoms with E-state index in [2.05, 4.69) is 11.9 Å². The molecule has 0 atom stereocenters. The van der Waals surface area contributed by atoms with Crippen LogP contribution in [0.5, 0.6) is 11.5 Å². The third kappa shape index (κ3) is 4.87. The fraction of sp³-hybridized carbons (Fsp3) is 0.136. The van der Waals surface area contributed by atoms with E-state index in [1.165, 1.54) is 31.4 Å². The second-order valence-corrected chi connectivity index (χ2v) is 6.93. The zero-order valence-electron chi connectivity index (χ0n) is 16.6. The molecule has 160 valence electrons. The molecule has 31 heavy (non-hydrogen) atoms. The number of ether oxygens (including phenoxy) is 2. The number of carboxylic acid groups (broad SMARTS) is 1. The molecule has 0 unspecified atom stereocenters. The summed E-state index contributed by atoms with van der Waals surface area (Å²) in [6.07, 6.45) is 2.94. The maximum Gasteiger partial charge on any atom is 0.335 e. The molecule has 1 saturated heterocycles. The highest BCUT2D eigenvalue weighted by molar-refractivity contribution is 6.32. The number of nitrogens with one attached hydrogen (secondary N) is 1. The van der Waals surface area contributed by atoms with Crippen LogP contribution < -0.4 is 14.8 Å². The molecule has 1 aliphatic heterocycles. The third-order valence-corrected chi connectivity index (χ3v) is 4.67. The van der Waals surface area contributed by atoms with Gasteiger partial charge in [-0.05, 0) is 41.5 Å². The van der Waals surface area contributed by atoms with Crippen LogP contribution in [0.25, 0.3) is 6.08 Å². The van der Waals surface area contributed by atoms with E-state index in [4.69, 9.17) is 26.2 Å². The maximum atomic E-state index is 12.3. The van der Waals surface area contributed by atoms with Crippen LogP contribution in [0.15, 0.2) is 54.8 Å². The van der Waals surface area contributed by atoms with Gasteiger partial charge in [0.15, 0.2) is 11.5 Å². The Bertz CT molecular complexity index is 1100. The molecule has 0 spiro atoms. The summed E-state index contributed by atoms with van der Waals surface area (Å²) in [5.41, 5.74) is 1.41. The van der Waals surface area contributed by atoms with Gasteiger partial charge in [0.05, 0.1) is 17.7 Å². The summed E-state index contributed by atoms with van der Waals surface area (Å²) in [5, 5.41) is 11.8. The Morgan fingerprint density at radius 1 is 1.29 bits per heavy atom. The van der Waals surface area contributed by atoms with Crippen LogP contribution >= 0.6 is 11.6 Å². The Balaban J connectivity index is 1.83. The van der Waals surface area contributed by atoms with E-state index in [1.807, 2.05) is 0 Å². The van der Waals surface area contributed by atoms with Crippen LogP contribution in [0, 0.1) is 0 Å². The first-order valence-electron chi connectivity index (χ1n) is 9.12. The Hall–Kier alpha value is -3.78. The number of halogens is 1. The molecule has 1 heterocycles. The lowest BCUT2D eigenvalue weighted by Gasteiger charge is -2.14. The number of carboxylic acids is 1. The molecule has 1 fully saturated rings. The van der Waals surface area contributed by atoms with Gasteiger partial charge >= 0.3 is 12.0 Å². The van der Waals surface area contributed by atoms with Gasteiger partial charge in [0.2, 0.25) is 0 Å². The number of aromatic carboxylic acids is 1. The highest BCUT2D eigenvalue weighted by atomic mass is 35.5. The van der Waals surface area contributed by atoms with Crippen LogP contribution in [0.4, 0.5) is 4.79 Å². The molecule has 0 aliphatic carbocycles. The molecule has 1 aliphatic rings. The predicted octanol–water partition coefficient (Wildman–Crippen LogP) is 3.70. The highest BCUT2D eigenvalue weighted by Crippen LogP contribution is 2.37. The average molecular weight is 443 g/mol. The molecule has 3 rings (SSSR count). The van der Waals surface area contributed by atoms with E-state index >= 15 is 0 Å². The van der Waals surface area contributed by atoms with Gasteiger partial charge < -0.3 is 19.9 Å². The first-order chi connectivity index (χ1) is 14.8. The molecule has 2 aromatic carbocycles. The number of urea groups is 1. The topological polar surface area (TPSA) is 105 Å². The Kier molecular flexibility index (Phi) is 6.61. The van der Waals surface area contributed by atoms with Crippen LogP contribution in [0.1, 0.15) is 21.5 Å². The molecule has 0 radical (unpaired) electrons. The lowest BCUT2D eigenvalue weighted by molar-refractivity contribution is -0.122. The van der Waals surface area contributed by atoms with E-state index in [0.717, 1.165) is 4.90 Å². The summed E-state index contributed by atoms with van der Waals surface area (Å²) < 4.78 is 11.1. The molecule has 0 aromatic heterocycles. The minimum atomic E-state index is -1.03. The van der Waals surface area contributed by atoms with Crippen molar-refractivity contribution in [3.63, 3.8) is 0 Å². The Labute approximate surface area is 183 Å². The lowest BCUT2D eigenvalue weighted by atomic mass is 10.1. The summed E-state index contributed by atoms with van der Waals surface area (Å²) in [7, 11) is 1.44. The van der Waals surface area contributed by atoms with Gasteiger partial charge in [0.1, 0.15) is 12.3 Å². The summed E-state index contributed by atoms with van der Waals surface area (Å²) in [6.45, 7) is 3.70. The van der Waals surface area contributed by atoms with E-state index in [0.29, 0.717) is 16.9 Å². The second-order valence-electron chi connectivity index (χ2n) is 6.52. The van der Waals surface area contributed by atoms with Crippen molar-refractivity contribution in [1.29, 1.82) is 0 Å². The third-order valence-electron chi connectivity index (χ3n) is 4.39. The van der Waals surface area contributed by atoms with Crippen LogP contribution in [-0.2, 0) is 11.4 Å². The van der Waals surface area contributed by atoms with Crippen molar-refractivity contribution < 1.29 is 29.0 Å². The van der Waals surface area contributed by atoms with Crippen LogP contribution in [-0.4, -0.2) is 41.6 Å². The maximum absolute atomic E-state index is 12.3. The van der Waals surface area contributed by atoms with Gasteiger partial charge in [-0.15, -0.1) is 6.58 Å². The van der Waals surface area contributed by atoms with Gasteiger partial charge in [-0.1, -0.05) is 29.8 Å². The van der Waals surface area contributed by atoms with Gasteiger partial charge in [-0.3, -0.25) is 9.69 Å². The largest absolute Gasteiger partial charge is 0.493 e. The van der Waals surface area contributed by atoms with E-state index in [1.54, 1.807) is 24.3 Å². The van der Waals surface area contributed by atoms with Gasteiger partial charge in [0, 0.05) is 6.54 Å². The minimum absolute atomic E-state index is 0.0721. The number of imide groups is 1. The molecule has 0 bridgehead atoms. The minimum Gasteiger partial charge on any atom is -0.493 e. The number of hydrogen-bond acceptors (Lipinski definition) is 5. The van der Waals surface area contributed by atoms with E-state index < -0.39 is 17.9 Å². The predicted molar refractivity (Wildman–Crippen MR) is 114 cm³/mol. The second kappa shape index (κ2) is 9.36. The normalized spacial score (nSPS) is 14.5. The lowest BCUT2D eigenvalue weighted by Crippen LogP contribution is -2.30. The van der Waals surface area contributed by atoms with Gasteiger partial charge in [-0.25, -0.2) is 9.59 Å². The standard InChI is InChI=1S/C22H19ClN2O6/c1-3-7-25-20(26)17(24-22(25)29)10-14-9-16(23)19(18(11-14)30-2)31-12-13-5-4-6-15(8-13)21(27)28/h3-6,8-11H,1,7,12H2,2H3,(H,24,29)(H,27,28)/b17-10+. The monoisotopic (exact) mass is 442 g/mol. The van der Waals surface area contributed by atoms with E-state index in [9.17, 15) is 14.4 Å². The summed E-state index contributed by atoms with van der Waals surface area (Å²) in [4.78, 5) is 36.4. The van der Waals surface area contributed by atoms with Crippen molar-refractivity contribution in [2.45, 2.75) is 6.61 Å². The zero-order chi connectivity index (χ0) is 22.5. The fourth-order valence-corrected chi connectivity index (χ4v) is 3.22. The Morgan fingerprint density at radius 3 is 2.74 bits per heavy atom. The van der Waals surface area contributed by atoms with Crippen molar-refractivity contribution >= 4 is 35.6 Å². The highest BCUT2D eigenvalue weighted by Gasteiger charge is 2.32. The molecule has 9 heteroatoms. The number of amides is 3. The number of nitrogens with zero attached hydrogens (tertiary/aromatic N) is 1. The number of rotatable bonds is 8. The summed E-state index contributed by atoms with van der Waals surface area (Å²) in [5.74, 6) is -0.927. The van der Waals surface area contributed by atoms with Crippen molar-refractivity contribution in [2.75, 3.05) is 13.7 Å². The molecule has 3 amide bonds. The van der Waals surface area contributed by atoms with Crippen molar-refractivity contribution in [3.8, 4) is 11.5 Å². The molecule has 2 aromatic rings. The molecular weight excluding hydrogens is 424 g/mol. The molecule has 2 N–H and O–H groups in total. The van der Waals surface area contributed by atoms with Crippen molar-refractivity contribution in [1.82, 2.24) is 10.2 Å². The van der Waals surface area contributed by atoms with E-state index in [-0.39, 0.29) is 35.2 Å². The number of hydrogen-bond donors (Lipinski definition) is 2. The Morgan fingerprint density at radius 2 is 2.06 bits per heavy atom. The SMILES string of the molecule is C=CCN1C(=O)N/C(=C/c2cc(Cl)c(OCc3cccc(C(=O)O)c3)c(OC)c2)C1=O. The zero-order valence-corrected chi connectivity index (χ0v) is 17.3. The molecule has 0 saturated carbocycles. The number of carbonyl (C=O) groups excluding carboxylic acids is 2. The van der Waals surface area contributed by atoms with Gasteiger partial charge in [0.25, 0.3) is 5.91 Å². The van der Waals surface area contributed by atoms with Crippen LogP contribution in [0.2, 0.25) is 5.02 Å². The quantitative estimate of drug-likeness (QED) is 0.367. The molecule has 8 nitrogen and oxygen atoms in total. The summed E-state index contributed by atoms with van der Waals surface area (Å²) >= 11 is 6.37. The van der Waals surface area contributed by atoms with Gasteiger partial charge in [-0.2, -0.15) is 0 Å². The first kappa shape index (κ1) is 21.9. The number of carbonyl (C=O) groups is 3. The first-order valence-corrected chi connectivity index (χ1v) is 9.50. The average Bonchev–Trinajstić information content (AvgIpc) is 3.00. The fourth-order valence-electron chi connectivity index (χ4n) is 2.95. The van der Waals surface area contributed by atoms with Crippen LogP contribution in [0.3, 0.4) is 0 Å². The smallest absolute Gasteiger partial charge is 0.335 e. The number of benzene rings is 2. The summed E-state index contributed by atoms with van der Waals surface area (Å²) in [6, 6.07) is 8.99.